The molecule has 2 aromatic rings. The standard InChI is InChI=1S/C24H33N7O3/c1-4-5-8-18-9-6-7-10-21(18)26-23(32)20-17-19(31(33)34)11-12-22(20)27-24-28(2)15-16-29(3)30(24)14-13-25/h6-7,9-12,17H,4-5,8,13-16,25H2,1-3H3,(H,26,32). The molecule has 0 unspecified atom stereocenters. The zero-order valence-corrected chi connectivity index (χ0v) is 20.0. The van der Waals surface area contributed by atoms with Crippen molar-refractivity contribution >= 4 is 28.9 Å². The number of aryl methyl sites for hydroxylation is 1. The molecule has 1 saturated heterocycles. The lowest BCUT2D eigenvalue weighted by Crippen LogP contribution is -2.58. The van der Waals surface area contributed by atoms with Crippen molar-refractivity contribution < 1.29 is 9.72 Å². The van der Waals surface area contributed by atoms with Gasteiger partial charge in [0.1, 0.15) is 0 Å². The van der Waals surface area contributed by atoms with Crippen molar-refractivity contribution in [2.24, 2.45) is 10.7 Å². The molecule has 10 heteroatoms. The number of hydrazine groups is 1. The number of hydrogen-bond acceptors (Lipinski definition) is 6. The largest absolute Gasteiger partial charge is 0.343 e. The van der Waals surface area contributed by atoms with Crippen LogP contribution in [0.5, 0.6) is 0 Å². The number of nitrogens with zero attached hydrogens (tertiary/aromatic N) is 5. The maximum absolute atomic E-state index is 13.4. The number of para-hydroxylation sites is 1. The van der Waals surface area contributed by atoms with E-state index in [0.29, 0.717) is 30.4 Å². The van der Waals surface area contributed by atoms with Crippen molar-refractivity contribution in [2.75, 3.05) is 45.6 Å². The van der Waals surface area contributed by atoms with Crippen LogP contribution in [0.2, 0.25) is 0 Å². The maximum atomic E-state index is 13.4. The minimum atomic E-state index is -0.510. The van der Waals surface area contributed by atoms with E-state index in [2.05, 4.69) is 12.2 Å². The second kappa shape index (κ2) is 11.6. The number of likely N-dealkylation sites (N-methyl/N-ethyl adjacent to an activating group) is 2. The van der Waals surface area contributed by atoms with Gasteiger partial charge in [0, 0.05) is 58.1 Å². The molecule has 0 bridgehead atoms. The summed E-state index contributed by atoms with van der Waals surface area (Å²) in [4.78, 5) is 31.1. The molecule has 0 aliphatic carbocycles. The van der Waals surface area contributed by atoms with E-state index in [1.54, 1.807) is 0 Å². The van der Waals surface area contributed by atoms with E-state index in [9.17, 15) is 14.9 Å². The van der Waals surface area contributed by atoms with Crippen LogP contribution >= 0.6 is 0 Å². The van der Waals surface area contributed by atoms with Crippen molar-refractivity contribution in [1.82, 2.24) is 14.9 Å². The Hall–Kier alpha value is -3.50. The van der Waals surface area contributed by atoms with Crippen molar-refractivity contribution in [3.8, 4) is 0 Å². The number of aliphatic imine (C=N–C) groups is 1. The van der Waals surface area contributed by atoms with Gasteiger partial charge in [0.2, 0.25) is 5.96 Å². The molecule has 2 aromatic carbocycles. The van der Waals surface area contributed by atoms with Crippen LogP contribution in [0.15, 0.2) is 47.5 Å². The highest BCUT2D eigenvalue weighted by Crippen LogP contribution is 2.28. The molecule has 34 heavy (non-hydrogen) atoms. The Morgan fingerprint density at radius 1 is 1.21 bits per heavy atom. The average molecular weight is 468 g/mol. The van der Waals surface area contributed by atoms with Gasteiger partial charge in [-0.3, -0.25) is 19.9 Å². The lowest BCUT2D eigenvalue weighted by atomic mass is 10.1. The summed E-state index contributed by atoms with van der Waals surface area (Å²) in [5.74, 6) is 0.189. The highest BCUT2D eigenvalue weighted by atomic mass is 16.6. The van der Waals surface area contributed by atoms with Gasteiger partial charge in [0.15, 0.2) is 0 Å². The first-order valence-electron chi connectivity index (χ1n) is 11.5. The summed E-state index contributed by atoms with van der Waals surface area (Å²) in [6.45, 7) is 4.65. The normalized spacial score (nSPS) is 15.6. The second-order valence-electron chi connectivity index (χ2n) is 8.30. The molecular weight excluding hydrogens is 434 g/mol. The quantitative estimate of drug-likeness (QED) is 0.429. The van der Waals surface area contributed by atoms with E-state index in [4.69, 9.17) is 10.7 Å². The number of nitrogens with one attached hydrogen (secondary N) is 1. The topological polar surface area (TPSA) is 120 Å². The fraction of sp³-hybridized carbons (Fsp3) is 0.417. The molecule has 3 N–H and O–H groups in total. The molecule has 0 atom stereocenters. The molecule has 0 spiro atoms. The van der Waals surface area contributed by atoms with Gasteiger partial charge in [-0.15, -0.1) is 0 Å². The summed E-state index contributed by atoms with van der Waals surface area (Å²) in [7, 11) is 3.87. The highest BCUT2D eigenvalue weighted by Gasteiger charge is 2.26. The molecule has 0 saturated carbocycles. The van der Waals surface area contributed by atoms with E-state index in [1.807, 2.05) is 53.3 Å². The first-order chi connectivity index (χ1) is 16.3. The fourth-order valence-electron chi connectivity index (χ4n) is 3.84. The monoisotopic (exact) mass is 467 g/mol. The first-order valence-corrected chi connectivity index (χ1v) is 11.5. The van der Waals surface area contributed by atoms with Crippen LogP contribution in [-0.2, 0) is 6.42 Å². The van der Waals surface area contributed by atoms with Gasteiger partial charge < -0.3 is 16.0 Å². The van der Waals surface area contributed by atoms with Gasteiger partial charge in [-0.25, -0.2) is 10.0 Å². The number of hydrogen-bond donors (Lipinski definition) is 2. The molecule has 1 aliphatic heterocycles. The SMILES string of the molecule is CCCCc1ccccc1NC(=O)c1cc([N+](=O)[O-])ccc1N=C1N(C)CCN(C)N1CCN. The smallest absolute Gasteiger partial charge is 0.270 e. The number of guanidine groups is 1. The third-order valence-corrected chi connectivity index (χ3v) is 5.81. The number of nitro benzene ring substituents is 1. The Morgan fingerprint density at radius 3 is 2.68 bits per heavy atom. The molecular formula is C24H33N7O3. The summed E-state index contributed by atoms with van der Waals surface area (Å²) in [5, 5.41) is 18.4. The minimum Gasteiger partial charge on any atom is -0.343 e. The Bertz CT molecular complexity index is 1060. The van der Waals surface area contributed by atoms with Crippen LogP contribution < -0.4 is 11.1 Å². The maximum Gasteiger partial charge on any atom is 0.270 e. The molecule has 10 nitrogen and oxygen atoms in total. The number of rotatable bonds is 9. The number of amides is 1. The first kappa shape index (κ1) is 25.1. The number of non-ortho nitro benzene ring substituents is 1. The van der Waals surface area contributed by atoms with Crippen LogP contribution in [0.1, 0.15) is 35.7 Å². The molecule has 1 aliphatic rings. The zero-order valence-electron chi connectivity index (χ0n) is 20.0. The van der Waals surface area contributed by atoms with Crippen LogP contribution in [0.4, 0.5) is 17.1 Å². The van der Waals surface area contributed by atoms with Gasteiger partial charge in [0.25, 0.3) is 11.6 Å². The predicted octanol–water partition coefficient (Wildman–Crippen LogP) is 3.23. The molecule has 3 rings (SSSR count). The van der Waals surface area contributed by atoms with E-state index in [-0.39, 0.29) is 11.3 Å². The predicted molar refractivity (Wildman–Crippen MR) is 134 cm³/mol. The molecule has 1 fully saturated rings. The van der Waals surface area contributed by atoms with Crippen molar-refractivity contribution in [2.45, 2.75) is 26.2 Å². The fourth-order valence-corrected chi connectivity index (χ4v) is 3.84. The van der Waals surface area contributed by atoms with Crippen molar-refractivity contribution in [3.05, 3.63) is 63.7 Å². The summed E-state index contributed by atoms with van der Waals surface area (Å²) in [6.07, 6.45) is 2.87. The number of nitrogens with two attached hydrogens (primary N) is 1. The highest BCUT2D eigenvalue weighted by molar-refractivity contribution is 6.09. The number of carbonyl (C=O) groups excluding carboxylic acids is 1. The van der Waals surface area contributed by atoms with E-state index < -0.39 is 10.8 Å². The van der Waals surface area contributed by atoms with Gasteiger partial charge in [0.05, 0.1) is 16.2 Å². The molecule has 1 amide bonds. The van der Waals surface area contributed by atoms with Crippen molar-refractivity contribution in [3.63, 3.8) is 0 Å². The van der Waals surface area contributed by atoms with Gasteiger partial charge in [-0.1, -0.05) is 31.5 Å². The van der Waals surface area contributed by atoms with Crippen LogP contribution in [0.25, 0.3) is 0 Å². The number of carbonyl (C=O) groups is 1. The Balaban J connectivity index is 2.02. The zero-order chi connectivity index (χ0) is 24.7. The Kier molecular flexibility index (Phi) is 8.55. The van der Waals surface area contributed by atoms with Gasteiger partial charge in [-0.2, -0.15) is 0 Å². The van der Waals surface area contributed by atoms with Gasteiger partial charge in [-0.05, 0) is 30.5 Å². The van der Waals surface area contributed by atoms with E-state index in [0.717, 1.165) is 37.9 Å². The summed E-state index contributed by atoms with van der Waals surface area (Å²) < 4.78 is 0. The Morgan fingerprint density at radius 2 is 1.97 bits per heavy atom. The second-order valence-corrected chi connectivity index (χ2v) is 8.30. The summed E-state index contributed by atoms with van der Waals surface area (Å²) >= 11 is 0. The number of unbranched alkanes of at least 4 members (excludes halogenated alkanes) is 1. The number of benzene rings is 2. The number of anilines is 1. The summed E-state index contributed by atoms with van der Waals surface area (Å²) in [6, 6.07) is 11.8. The number of nitro groups is 1. The van der Waals surface area contributed by atoms with Crippen LogP contribution in [0, 0.1) is 10.1 Å². The lowest BCUT2D eigenvalue weighted by Gasteiger charge is -2.43. The third kappa shape index (κ3) is 5.89. The van der Waals surface area contributed by atoms with Crippen molar-refractivity contribution in [1.29, 1.82) is 0 Å². The van der Waals surface area contributed by atoms with Crippen LogP contribution in [0.3, 0.4) is 0 Å². The Labute approximate surface area is 200 Å². The molecule has 1 heterocycles. The summed E-state index contributed by atoms with van der Waals surface area (Å²) in [5.41, 5.74) is 7.86. The van der Waals surface area contributed by atoms with E-state index in [1.165, 1.54) is 18.2 Å². The average Bonchev–Trinajstić information content (AvgIpc) is 2.83. The third-order valence-electron chi connectivity index (χ3n) is 5.81. The van der Waals surface area contributed by atoms with Crippen LogP contribution in [-0.4, -0.2) is 72.0 Å². The molecule has 0 radical (unpaired) electrons. The molecule has 0 aromatic heterocycles. The van der Waals surface area contributed by atoms with E-state index >= 15 is 0 Å². The van der Waals surface area contributed by atoms with Gasteiger partial charge >= 0.3 is 0 Å². The molecule has 182 valence electrons. The minimum absolute atomic E-state index is 0.140. The lowest BCUT2D eigenvalue weighted by molar-refractivity contribution is -0.384.